The molecule has 3 rings (SSSR count). The third-order valence-electron chi connectivity index (χ3n) is 3.95. The molecular weight excluding hydrogens is 280 g/mol. The maximum atomic E-state index is 12.7. The molecule has 4 N–H and O–H groups in total. The Morgan fingerprint density at radius 1 is 1.09 bits per heavy atom. The minimum Gasteiger partial charge on any atom is -0.397 e. The van der Waals surface area contributed by atoms with E-state index in [0.717, 1.165) is 0 Å². The van der Waals surface area contributed by atoms with Crippen LogP contribution in [0.5, 0.6) is 0 Å². The molecule has 0 spiro atoms. The Kier molecular flexibility index (Phi) is 2.74. The van der Waals surface area contributed by atoms with Crippen LogP contribution in [0.1, 0.15) is 27.1 Å². The third-order valence-corrected chi connectivity index (χ3v) is 3.95. The highest BCUT2D eigenvalue weighted by Crippen LogP contribution is 2.40. The molecule has 0 fully saturated rings. The summed E-state index contributed by atoms with van der Waals surface area (Å²) >= 11 is 0. The largest absolute Gasteiger partial charge is 0.397 e. The smallest absolute Gasteiger partial charge is 0.196 e. The van der Waals surface area contributed by atoms with Crippen molar-refractivity contribution in [3.63, 3.8) is 0 Å². The van der Waals surface area contributed by atoms with E-state index in [1.165, 1.54) is 12.1 Å². The number of carbonyl (C=O) groups is 2. The van der Waals surface area contributed by atoms with Crippen LogP contribution in [0, 0.1) is 22.7 Å². The molecule has 6 nitrogen and oxygen atoms in total. The van der Waals surface area contributed by atoms with Crippen molar-refractivity contribution in [3.8, 4) is 12.1 Å². The molecule has 0 heterocycles. The lowest BCUT2D eigenvalue weighted by molar-refractivity contribution is 0.0965. The molecule has 106 valence electrons. The van der Waals surface area contributed by atoms with Gasteiger partial charge < -0.3 is 11.5 Å². The fourth-order valence-corrected chi connectivity index (χ4v) is 2.87. The summed E-state index contributed by atoms with van der Waals surface area (Å²) < 4.78 is 0. The zero-order valence-electron chi connectivity index (χ0n) is 11.4. The van der Waals surface area contributed by atoms with E-state index in [1.807, 2.05) is 12.1 Å². The molecule has 1 unspecified atom stereocenters. The quantitative estimate of drug-likeness (QED) is 0.723. The number of nitriles is 2. The van der Waals surface area contributed by atoms with Crippen molar-refractivity contribution in [2.24, 2.45) is 11.5 Å². The van der Waals surface area contributed by atoms with Crippen molar-refractivity contribution >= 4 is 11.6 Å². The van der Waals surface area contributed by atoms with Gasteiger partial charge in [0, 0.05) is 23.1 Å². The van der Waals surface area contributed by atoms with Crippen LogP contribution in [0.4, 0.5) is 0 Å². The Balaban J connectivity index is 2.40. The zero-order chi connectivity index (χ0) is 16.1. The first-order valence-corrected chi connectivity index (χ1v) is 6.47. The second-order valence-electron chi connectivity index (χ2n) is 5.22. The van der Waals surface area contributed by atoms with Crippen LogP contribution in [0.3, 0.4) is 0 Å². The van der Waals surface area contributed by atoms with Crippen molar-refractivity contribution in [2.45, 2.75) is 12.0 Å². The molecular formula is C16H10N4O2. The van der Waals surface area contributed by atoms with Gasteiger partial charge in [-0.15, -0.1) is 0 Å². The summed E-state index contributed by atoms with van der Waals surface area (Å²) in [7, 11) is 0. The summed E-state index contributed by atoms with van der Waals surface area (Å²) in [6.45, 7) is 0. The first kappa shape index (κ1) is 13.7. The van der Waals surface area contributed by atoms with Gasteiger partial charge in [-0.2, -0.15) is 10.5 Å². The second kappa shape index (κ2) is 4.39. The Morgan fingerprint density at radius 2 is 1.68 bits per heavy atom. The summed E-state index contributed by atoms with van der Waals surface area (Å²) in [5.41, 5.74) is 10.3. The van der Waals surface area contributed by atoms with Crippen LogP contribution in [0.15, 0.2) is 46.7 Å². The molecule has 0 saturated carbocycles. The van der Waals surface area contributed by atoms with Crippen molar-refractivity contribution in [1.82, 2.24) is 0 Å². The standard InChI is InChI=1S/C16H10N4O2/c17-6-8-5-16(20,7-18)12-11(13(8)19)14(21)9-3-1-2-4-10(9)15(12)22/h1-4H,5,19-20H2. The van der Waals surface area contributed by atoms with Gasteiger partial charge in [0.15, 0.2) is 11.6 Å². The van der Waals surface area contributed by atoms with Crippen LogP contribution >= 0.6 is 0 Å². The molecule has 0 saturated heterocycles. The number of Topliss-reactive ketones (excluding diaryl/α,β-unsaturated/α-hetero) is 2. The number of benzene rings is 1. The van der Waals surface area contributed by atoms with Crippen LogP contribution in [-0.2, 0) is 0 Å². The normalized spacial score (nSPS) is 23.6. The van der Waals surface area contributed by atoms with E-state index in [-0.39, 0.29) is 40.0 Å². The Hall–Kier alpha value is -3.22. The molecule has 2 aliphatic rings. The highest BCUT2D eigenvalue weighted by Gasteiger charge is 2.47. The average Bonchev–Trinajstić information content (AvgIpc) is 2.54. The predicted molar refractivity (Wildman–Crippen MR) is 76.1 cm³/mol. The second-order valence-corrected chi connectivity index (χ2v) is 5.22. The van der Waals surface area contributed by atoms with E-state index < -0.39 is 17.1 Å². The zero-order valence-corrected chi connectivity index (χ0v) is 11.4. The van der Waals surface area contributed by atoms with Gasteiger partial charge in [0.05, 0.1) is 29.0 Å². The molecule has 1 aromatic rings. The number of ketones is 2. The third kappa shape index (κ3) is 1.56. The Labute approximate surface area is 125 Å². The lowest BCUT2D eigenvalue weighted by Gasteiger charge is -2.34. The summed E-state index contributed by atoms with van der Waals surface area (Å²) in [6.07, 6.45) is -0.189. The number of hydrogen-bond acceptors (Lipinski definition) is 6. The highest BCUT2D eigenvalue weighted by molar-refractivity contribution is 6.29. The van der Waals surface area contributed by atoms with E-state index >= 15 is 0 Å². The number of carbonyl (C=O) groups excluding carboxylic acids is 2. The van der Waals surface area contributed by atoms with Gasteiger partial charge >= 0.3 is 0 Å². The molecule has 2 aliphatic carbocycles. The number of allylic oxidation sites excluding steroid dienone is 1. The van der Waals surface area contributed by atoms with Gasteiger partial charge in [0.2, 0.25) is 0 Å². The molecule has 0 radical (unpaired) electrons. The van der Waals surface area contributed by atoms with E-state index in [1.54, 1.807) is 12.1 Å². The van der Waals surface area contributed by atoms with Crippen LogP contribution in [0.2, 0.25) is 0 Å². The van der Waals surface area contributed by atoms with Gasteiger partial charge in [0.1, 0.15) is 5.54 Å². The van der Waals surface area contributed by atoms with E-state index in [9.17, 15) is 14.9 Å². The van der Waals surface area contributed by atoms with Crippen LogP contribution < -0.4 is 11.5 Å². The summed E-state index contributed by atoms with van der Waals surface area (Å²) in [5, 5.41) is 18.6. The molecule has 1 atom stereocenters. The number of rotatable bonds is 0. The summed E-state index contributed by atoms with van der Waals surface area (Å²) in [6, 6.07) is 9.99. The maximum absolute atomic E-state index is 12.7. The molecule has 22 heavy (non-hydrogen) atoms. The van der Waals surface area contributed by atoms with Crippen LogP contribution in [0.25, 0.3) is 0 Å². The molecule has 6 heteroatoms. The molecule has 0 aliphatic heterocycles. The lowest BCUT2D eigenvalue weighted by Crippen LogP contribution is -2.49. The number of hydrogen-bond donors (Lipinski definition) is 2. The number of fused-ring (bicyclic) bond motifs is 1. The topological polar surface area (TPSA) is 134 Å². The van der Waals surface area contributed by atoms with Gasteiger partial charge in [-0.1, -0.05) is 24.3 Å². The van der Waals surface area contributed by atoms with Gasteiger partial charge in [-0.05, 0) is 0 Å². The number of nitrogens with two attached hydrogens (primary N) is 2. The fraction of sp³-hybridized carbons (Fsp3) is 0.125. The Morgan fingerprint density at radius 3 is 2.23 bits per heavy atom. The SMILES string of the molecule is N#CC1=C(N)C2=C(C(=O)c3ccccc3C2=O)C(N)(C#N)C1. The molecule has 1 aromatic carbocycles. The summed E-state index contributed by atoms with van der Waals surface area (Å²) in [5.74, 6) is -0.977. The lowest BCUT2D eigenvalue weighted by atomic mass is 9.69. The maximum Gasteiger partial charge on any atom is 0.196 e. The highest BCUT2D eigenvalue weighted by atomic mass is 16.1. The van der Waals surface area contributed by atoms with Crippen LogP contribution in [-0.4, -0.2) is 17.1 Å². The fourth-order valence-electron chi connectivity index (χ4n) is 2.87. The van der Waals surface area contributed by atoms with E-state index in [0.29, 0.717) is 0 Å². The van der Waals surface area contributed by atoms with Gasteiger partial charge in [-0.25, -0.2) is 0 Å². The van der Waals surface area contributed by atoms with Gasteiger partial charge in [-0.3, -0.25) is 9.59 Å². The van der Waals surface area contributed by atoms with Crippen molar-refractivity contribution in [1.29, 1.82) is 10.5 Å². The first-order chi connectivity index (χ1) is 10.4. The average molecular weight is 290 g/mol. The minimum absolute atomic E-state index is 0.0448. The predicted octanol–water partition coefficient (Wildman–Crippen LogP) is 0.723. The first-order valence-electron chi connectivity index (χ1n) is 6.47. The van der Waals surface area contributed by atoms with E-state index in [4.69, 9.17) is 16.7 Å². The van der Waals surface area contributed by atoms with Crippen molar-refractivity contribution in [2.75, 3.05) is 0 Å². The molecule has 0 aromatic heterocycles. The Bertz CT molecular complexity index is 895. The van der Waals surface area contributed by atoms with E-state index in [2.05, 4.69) is 0 Å². The van der Waals surface area contributed by atoms with Gasteiger partial charge in [0.25, 0.3) is 0 Å². The minimum atomic E-state index is -1.73. The summed E-state index contributed by atoms with van der Waals surface area (Å²) in [4.78, 5) is 25.4. The van der Waals surface area contributed by atoms with Crippen molar-refractivity contribution in [3.05, 3.63) is 57.8 Å². The molecule has 0 bridgehead atoms. The molecule has 0 amide bonds. The monoisotopic (exact) mass is 290 g/mol. The number of nitrogens with zero attached hydrogens (tertiary/aromatic N) is 2. The van der Waals surface area contributed by atoms with Crippen molar-refractivity contribution < 1.29 is 9.59 Å².